The number of hydrogen-bond acceptors (Lipinski definition) is 1. The second-order valence-corrected chi connectivity index (χ2v) is 6.63. The maximum absolute atomic E-state index is 13.0. The molecule has 4 heteroatoms. The number of benzene rings is 1. The molecule has 1 aromatic rings. The summed E-state index contributed by atoms with van der Waals surface area (Å²) in [6, 6.07) is 6.84. The van der Waals surface area contributed by atoms with Crippen molar-refractivity contribution < 1.29 is 4.39 Å². The van der Waals surface area contributed by atoms with Crippen LogP contribution in [0.2, 0.25) is 0 Å². The molecule has 1 aliphatic heterocycles. The Bertz CT molecular complexity index is 511. The third-order valence-electron chi connectivity index (χ3n) is 4.96. The minimum absolute atomic E-state index is 0.0986. The highest BCUT2D eigenvalue weighted by Crippen LogP contribution is 2.48. The lowest BCUT2D eigenvalue weighted by atomic mass is 9.96. The molecule has 2 aliphatic rings. The molecule has 0 bridgehead atoms. The fourth-order valence-corrected chi connectivity index (χ4v) is 3.06. The van der Waals surface area contributed by atoms with Crippen LogP contribution in [0.5, 0.6) is 0 Å². The molecule has 2 fully saturated rings. The molecule has 0 spiro atoms. The van der Waals surface area contributed by atoms with Crippen LogP contribution in [0.4, 0.5) is 4.39 Å². The summed E-state index contributed by atoms with van der Waals surface area (Å²) < 4.78 is 13.0. The number of piperidine rings is 1. The molecule has 1 heterocycles. The Morgan fingerprint density at radius 2 is 1.90 bits per heavy atom. The largest absolute Gasteiger partial charge is 0.370 e. The van der Waals surface area contributed by atoms with E-state index in [1.54, 1.807) is 0 Å². The molecular formula is C17H24FN3. The highest BCUT2D eigenvalue weighted by atomic mass is 19.1. The van der Waals surface area contributed by atoms with Crippen LogP contribution in [-0.2, 0) is 5.41 Å². The number of rotatable bonds is 3. The van der Waals surface area contributed by atoms with E-state index in [0.717, 1.165) is 38.4 Å². The highest BCUT2D eigenvalue weighted by Gasteiger charge is 2.44. The lowest BCUT2D eigenvalue weighted by molar-refractivity contribution is 0.277. The van der Waals surface area contributed by atoms with Crippen LogP contribution in [0.3, 0.4) is 0 Å². The molecule has 0 amide bonds. The molecule has 114 valence electrons. The van der Waals surface area contributed by atoms with Gasteiger partial charge in [-0.05, 0) is 49.3 Å². The minimum atomic E-state index is -0.181. The summed E-state index contributed by atoms with van der Waals surface area (Å²) in [4.78, 5) is 6.83. The molecule has 1 aromatic carbocycles. The van der Waals surface area contributed by atoms with E-state index in [0.29, 0.717) is 5.96 Å². The van der Waals surface area contributed by atoms with Crippen molar-refractivity contribution in [3.05, 3.63) is 35.6 Å². The zero-order valence-electron chi connectivity index (χ0n) is 12.7. The summed E-state index contributed by atoms with van der Waals surface area (Å²) in [6.45, 7) is 5.04. The van der Waals surface area contributed by atoms with E-state index in [4.69, 9.17) is 5.73 Å². The van der Waals surface area contributed by atoms with Crippen LogP contribution in [0.1, 0.15) is 38.2 Å². The quantitative estimate of drug-likeness (QED) is 0.686. The molecular weight excluding hydrogens is 265 g/mol. The summed E-state index contributed by atoms with van der Waals surface area (Å²) in [7, 11) is 0. The average Bonchev–Trinajstić information content (AvgIpc) is 3.27. The van der Waals surface area contributed by atoms with Crippen molar-refractivity contribution in [2.24, 2.45) is 16.6 Å². The number of aliphatic imine (C=N–C) groups is 1. The summed E-state index contributed by atoms with van der Waals surface area (Å²) in [5, 5.41) is 0. The van der Waals surface area contributed by atoms with Crippen LogP contribution in [0.15, 0.2) is 29.3 Å². The minimum Gasteiger partial charge on any atom is -0.370 e. The molecule has 0 atom stereocenters. The Morgan fingerprint density at radius 3 is 2.48 bits per heavy atom. The number of halogens is 1. The fraction of sp³-hybridized carbons (Fsp3) is 0.588. The first-order valence-electron chi connectivity index (χ1n) is 7.90. The topological polar surface area (TPSA) is 41.6 Å². The Morgan fingerprint density at radius 1 is 1.29 bits per heavy atom. The maximum atomic E-state index is 13.0. The average molecular weight is 289 g/mol. The van der Waals surface area contributed by atoms with Gasteiger partial charge in [0.1, 0.15) is 5.82 Å². The van der Waals surface area contributed by atoms with Gasteiger partial charge in [0.25, 0.3) is 0 Å². The molecule has 0 radical (unpaired) electrons. The molecule has 2 N–H and O–H groups in total. The highest BCUT2D eigenvalue weighted by molar-refractivity contribution is 5.78. The smallest absolute Gasteiger partial charge is 0.191 e. The second kappa shape index (κ2) is 5.66. The summed E-state index contributed by atoms with van der Waals surface area (Å²) >= 11 is 0. The fourth-order valence-electron chi connectivity index (χ4n) is 3.06. The van der Waals surface area contributed by atoms with Crippen molar-refractivity contribution in [2.45, 2.75) is 38.0 Å². The standard InChI is InChI=1S/C17H24FN3/c1-13-6-10-21(11-7-13)16(19)20-12-17(8-9-17)14-2-4-15(18)5-3-14/h2-5,13H,6-12H2,1H3,(H2,19,20). The van der Waals surface area contributed by atoms with E-state index >= 15 is 0 Å². The molecule has 1 saturated carbocycles. The van der Waals surface area contributed by atoms with Crippen LogP contribution >= 0.6 is 0 Å². The summed E-state index contributed by atoms with van der Waals surface area (Å²) in [5.41, 5.74) is 7.43. The van der Waals surface area contributed by atoms with Crippen molar-refractivity contribution in [3.8, 4) is 0 Å². The number of nitrogens with zero attached hydrogens (tertiary/aromatic N) is 2. The van der Waals surface area contributed by atoms with E-state index in [9.17, 15) is 4.39 Å². The van der Waals surface area contributed by atoms with Gasteiger partial charge in [0.2, 0.25) is 0 Å². The van der Waals surface area contributed by atoms with Gasteiger partial charge >= 0.3 is 0 Å². The van der Waals surface area contributed by atoms with Crippen molar-refractivity contribution >= 4 is 5.96 Å². The van der Waals surface area contributed by atoms with Gasteiger partial charge in [-0.3, -0.25) is 4.99 Å². The molecule has 21 heavy (non-hydrogen) atoms. The van der Waals surface area contributed by atoms with Gasteiger partial charge in [0.15, 0.2) is 5.96 Å². The van der Waals surface area contributed by atoms with Gasteiger partial charge in [-0.1, -0.05) is 19.1 Å². The third kappa shape index (κ3) is 3.20. The van der Waals surface area contributed by atoms with Gasteiger partial charge in [-0.25, -0.2) is 4.39 Å². The Kier molecular flexibility index (Phi) is 3.87. The first-order chi connectivity index (χ1) is 10.1. The summed E-state index contributed by atoms with van der Waals surface area (Å²) in [5.74, 6) is 1.29. The van der Waals surface area contributed by atoms with Gasteiger partial charge < -0.3 is 10.6 Å². The van der Waals surface area contributed by atoms with Gasteiger partial charge in [0.05, 0.1) is 6.54 Å². The third-order valence-corrected chi connectivity index (χ3v) is 4.96. The Hall–Kier alpha value is -1.58. The molecule has 0 aromatic heterocycles. The van der Waals surface area contributed by atoms with Gasteiger partial charge in [-0.2, -0.15) is 0 Å². The maximum Gasteiger partial charge on any atom is 0.191 e. The zero-order valence-corrected chi connectivity index (χ0v) is 12.7. The van der Waals surface area contributed by atoms with E-state index < -0.39 is 0 Å². The van der Waals surface area contributed by atoms with E-state index in [-0.39, 0.29) is 11.2 Å². The molecule has 3 rings (SSSR count). The van der Waals surface area contributed by atoms with Crippen molar-refractivity contribution in [1.29, 1.82) is 0 Å². The number of guanidine groups is 1. The number of nitrogens with two attached hydrogens (primary N) is 1. The van der Waals surface area contributed by atoms with Crippen LogP contribution < -0.4 is 5.73 Å². The van der Waals surface area contributed by atoms with Crippen LogP contribution in [0, 0.1) is 11.7 Å². The van der Waals surface area contributed by atoms with Crippen molar-refractivity contribution in [1.82, 2.24) is 4.90 Å². The SMILES string of the molecule is CC1CCN(C(N)=NCC2(c3ccc(F)cc3)CC2)CC1. The van der Waals surface area contributed by atoms with Crippen molar-refractivity contribution in [3.63, 3.8) is 0 Å². The summed E-state index contributed by atoms with van der Waals surface area (Å²) in [6.07, 6.45) is 4.62. The number of likely N-dealkylation sites (tertiary alicyclic amines) is 1. The first kappa shape index (κ1) is 14.4. The van der Waals surface area contributed by atoms with E-state index in [2.05, 4.69) is 16.8 Å². The first-order valence-corrected chi connectivity index (χ1v) is 7.90. The monoisotopic (exact) mass is 289 g/mol. The normalized spacial score (nSPS) is 22.4. The second-order valence-electron chi connectivity index (χ2n) is 6.63. The Balaban J connectivity index is 1.63. The molecule has 3 nitrogen and oxygen atoms in total. The lowest BCUT2D eigenvalue weighted by Crippen LogP contribution is -2.42. The molecule has 1 aliphatic carbocycles. The van der Waals surface area contributed by atoms with Crippen LogP contribution in [0.25, 0.3) is 0 Å². The number of hydrogen-bond donors (Lipinski definition) is 1. The molecule has 0 unspecified atom stereocenters. The lowest BCUT2D eigenvalue weighted by Gasteiger charge is -2.31. The van der Waals surface area contributed by atoms with Gasteiger partial charge in [0, 0.05) is 18.5 Å². The van der Waals surface area contributed by atoms with E-state index in [1.165, 1.54) is 30.5 Å². The Labute approximate surface area is 126 Å². The predicted octanol–water partition coefficient (Wildman–Crippen LogP) is 2.90. The predicted molar refractivity (Wildman–Crippen MR) is 83.8 cm³/mol. The van der Waals surface area contributed by atoms with E-state index in [1.807, 2.05) is 12.1 Å². The van der Waals surface area contributed by atoms with Crippen LogP contribution in [-0.4, -0.2) is 30.5 Å². The van der Waals surface area contributed by atoms with Gasteiger partial charge in [-0.15, -0.1) is 0 Å². The zero-order chi connectivity index (χ0) is 14.9. The molecule has 1 saturated heterocycles. The van der Waals surface area contributed by atoms with Crippen molar-refractivity contribution in [2.75, 3.05) is 19.6 Å².